The molecule has 0 spiro atoms. The zero-order valence-corrected chi connectivity index (χ0v) is 17.3. The number of benzene rings is 1. The second kappa shape index (κ2) is 14.2. The van der Waals surface area contributed by atoms with Gasteiger partial charge in [-0.05, 0) is 25.0 Å². The molecule has 1 atom stereocenters. The summed E-state index contributed by atoms with van der Waals surface area (Å²) in [5, 5.41) is 0. The average molecular weight is 377 g/mol. The molecule has 0 heterocycles. The molecule has 0 saturated carbocycles. The number of esters is 2. The first kappa shape index (κ1) is 23.2. The smallest absolute Gasteiger partial charge is 0.314 e. The van der Waals surface area contributed by atoms with Gasteiger partial charge in [0.05, 0.1) is 5.92 Å². The number of ether oxygens (including phenoxy) is 2. The molecule has 0 amide bonds. The Morgan fingerprint density at radius 2 is 1.37 bits per heavy atom. The maximum atomic E-state index is 12.3. The van der Waals surface area contributed by atoms with Crippen LogP contribution in [0.25, 0.3) is 0 Å². The third kappa shape index (κ3) is 10.2. The fraction of sp³-hybridized carbons (Fsp3) is 0.652. The van der Waals surface area contributed by atoms with Gasteiger partial charge in [0.15, 0.2) is 11.5 Å². The first-order valence-corrected chi connectivity index (χ1v) is 10.6. The summed E-state index contributed by atoms with van der Waals surface area (Å²) in [5.74, 6) is -0.0637. The van der Waals surface area contributed by atoms with E-state index < -0.39 is 0 Å². The van der Waals surface area contributed by atoms with Gasteiger partial charge < -0.3 is 9.47 Å². The van der Waals surface area contributed by atoms with Crippen LogP contribution in [0.2, 0.25) is 0 Å². The maximum Gasteiger partial charge on any atom is 0.314 e. The summed E-state index contributed by atoms with van der Waals surface area (Å²) in [6.07, 6.45) is 11.1. The molecular formula is C23H36O4. The van der Waals surface area contributed by atoms with Crippen molar-refractivity contribution in [3.63, 3.8) is 0 Å². The Bertz CT molecular complexity index is 553. The summed E-state index contributed by atoms with van der Waals surface area (Å²) in [6.45, 7) is 6.22. The minimum Gasteiger partial charge on any atom is -0.423 e. The van der Waals surface area contributed by atoms with E-state index in [1.807, 2.05) is 6.92 Å². The van der Waals surface area contributed by atoms with Crippen molar-refractivity contribution in [3.8, 4) is 11.5 Å². The molecule has 0 bridgehead atoms. The highest BCUT2D eigenvalue weighted by molar-refractivity contribution is 5.77. The summed E-state index contributed by atoms with van der Waals surface area (Å²) < 4.78 is 10.9. The van der Waals surface area contributed by atoms with E-state index in [9.17, 15) is 9.59 Å². The molecule has 0 N–H and O–H groups in total. The SMILES string of the molecule is CCCCCCCC(=O)Oc1ccccc1OC(=O)C(C)CCCCCC. The number of carbonyl (C=O) groups excluding carboxylic acids is 2. The second-order valence-corrected chi connectivity index (χ2v) is 7.26. The number of unbranched alkanes of at least 4 members (excludes halogenated alkanes) is 7. The van der Waals surface area contributed by atoms with Gasteiger partial charge in [0, 0.05) is 6.42 Å². The van der Waals surface area contributed by atoms with Crippen molar-refractivity contribution in [3.05, 3.63) is 24.3 Å². The molecule has 0 aromatic heterocycles. The molecule has 0 radical (unpaired) electrons. The van der Waals surface area contributed by atoms with Crippen LogP contribution in [-0.4, -0.2) is 11.9 Å². The van der Waals surface area contributed by atoms with Crippen molar-refractivity contribution in [2.75, 3.05) is 0 Å². The van der Waals surface area contributed by atoms with Gasteiger partial charge in [-0.15, -0.1) is 0 Å². The molecule has 0 fully saturated rings. The van der Waals surface area contributed by atoms with E-state index in [1.54, 1.807) is 24.3 Å². The zero-order chi connectivity index (χ0) is 19.9. The van der Waals surface area contributed by atoms with Crippen molar-refractivity contribution in [2.24, 2.45) is 5.92 Å². The molecule has 4 nitrogen and oxygen atoms in total. The lowest BCUT2D eigenvalue weighted by Crippen LogP contribution is -2.18. The topological polar surface area (TPSA) is 52.6 Å². The predicted molar refractivity (Wildman–Crippen MR) is 109 cm³/mol. The normalized spacial score (nSPS) is 11.8. The first-order valence-electron chi connectivity index (χ1n) is 10.6. The summed E-state index contributed by atoms with van der Waals surface area (Å²) in [6, 6.07) is 6.89. The Labute approximate surface area is 164 Å². The largest absolute Gasteiger partial charge is 0.423 e. The van der Waals surface area contributed by atoms with Gasteiger partial charge in [-0.2, -0.15) is 0 Å². The van der Waals surface area contributed by atoms with Crippen LogP contribution < -0.4 is 9.47 Å². The number of para-hydroxylation sites is 2. The Balaban J connectivity index is 2.48. The lowest BCUT2D eigenvalue weighted by molar-refractivity contribution is -0.140. The summed E-state index contributed by atoms with van der Waals surface area (Å²) in [7, 11) is 0. The quantitative estimate of drug-likeness (QED) is 0.212. The summed E-state index contributed by atoms with van der Waals surface area (Å²) in [5.41, 5.74) is 0. The van der Waals surface area contributed by atoms with Gasteiger partial charge >= 0.3 is 11.9 Å². The van der Waals surface area contributed by atoms with Gasteiger partial charge in [-0.3, -0.25) is 9.59 Å². The fourth-order valence-electron chi connectivity index (χ4n) is 2.87. The molecule has 1 rings (SSSR count). The Morgan fingerprint density at radius 1 is 0.815 bits per heavy atom. The van der Waals surface area contributed by atoms with E-state index in [4.69, 9.17) is 9.47 Å². The standard InChI is InChI=1S/C23H36O4/c1-4-6-8-10-12-18-22(24)26-20-16-13-14-17-21(20)27-23(25)19(3)15-11-9-7-5-2/h13-14,16-17,19H,4-12,15,18H2,1-3H3. The highest BCUT2D eigenvalue weighted by Crippen LogP contribution is 2.28. The lowest BCUT2D eigenvalue weighted by Gasteiger charge is -2.13. The highest BCUT2D eigenvalue weighted by atomic mass is 16.6. The molecule has 27 heavy (non-hydrogen) atoms. The van der Waals surface area contributed by atoms with Crippen LogP contribution in [0.15, 0.2) is 24.3 Å². The predicted octanol–water partition coefficient (Wildman–Crippen LogP) is 6.46. The van der Waals surface area contributed by atoms with Crippen molar-refractivity contribution >= 4 is 11.9 Å². The maximum absolute atomic E-state index is 12.3. The third-order valence-electron chi connectivity index (χ3n) is 4.66. The molecule has 1 unspecified atom stereocenters. The molecule has 1 aromatic carbocycles. The van der Waals surface area contributed by atoms with Crippen molar-refractivity contribution in [2.45, 2.75) is 91.4 Å². The van der Waals surface area contributed by atoms with Crippen molar-refractivity contribution < 1.29 is 19.1 Å². The fourth-order valence-corrected chi connectivity index (χ4v) is 2.87. The minimum atomic E-state index is -0.275. The van der Waals surface area contributed by atoms with Crippen LogP contribution in [0.3, 0.4) is 0 Å². The molecule has 0 aliphatic carbocycles. The van der Waals surface area contributed by atoms with Crippen LogP contribution in [0, 0.1) is 5.92 Å². The molecule has 4 heteroatoms. The van der Waals surface area contributed by atoms with E-state index in [0.29, 0.717) is 17.9 Å². The van der Waals surface area contributed by atoms with Crippen molar-refractivity contribution in [1.29, 1.82) is 0 Å². The van der Waals surface area contributed by atoms with Crippen LogP contribution >= 0.6 is 0 Å². The number of hydrogen-bond acceptors (Lipinski definition) is 4. The van der Waals surface area contributed by atoms with Gasteiger partial charge in [0.1, 0.15) is 0 Å². The van der Waals surface area contributed by atoms with E-state index in [0.717, 1.165) is 38.5 Å². The molecule has 0 aliphatic rings. The van der Waals surface area contributed by atoms with Gasteiger partial charge in [-0.1, -0.05) is 84.3 Å². The van der Waals surface area contributed by atoms with E-state index in [-0.39, 0.29) is 17.9 Å². The third-order valence-corrected chi connectivity index (χ3v) is 4.66. The number of rotatable bonds is 14. The summed E-state index contributed by atoms with van der Waals surface area (Å²) >= 11 is 0. The Kier molecular flexibility index (Phi) is 12.2. The number of hydrogen-bond donors (Lipinski definition) is 0. The lowest BCUT2D eigenvalue weighted by atomic mass is 10.0. The van der Waals surface area contributed by atoms with Gasteiger partial charge in [0.25, 0.3) is 0 Å². The molecule has 0 aliphatic heterocycles. The van der Waals surface area contributed by atoms with Crippen molar-refractivity contribution in [1.82, 2.24) is 0 Å². The highest BCUT2D eigenvalue weighted by Gasteiger charge is 2.18. The van der Waals surface area contributed by atoms with Gasteiger partial charge in [-0.25, -0.2) is 0 Å². The average Bonchev–Trinajstić information content (AvgIpc) is 2.66. The molecule has 0 saturated heterocycles. The first-order chi connectivity index (χ1) is 13.1. The number of carbonyl (C=O) groups is 2. The molecule has 152 valence electrons. The van der Waals surface area contributed by atoms with Crippen LogP contribution in [0.1, 0.15) is 91.4 Å². The zero-order valence-electron chi connectivity index (χ0n) is 17.3. The van der Waals surface area contributed by atoms with Gasteiger partial charge in [0.2, 0.25) is 0 Å². The van der Waals surface area contributed by atoms with Crippen LogP contribution in [0.5, 0.6) is 11.5 Å². The Morgan fingerprint density at radius 3 is 2.00 bits per heavy atom. The molecular weight excluding hydrogens is 340 g/mol. The van der Waals surface area contributed by atoms with E-state index in [2.05, 4.69) is 13.8 Å². The van der Waals surface area contributed by atoms with Crippen LogP contribution in [-0.2, 0) is 9.59 Å². The van der Waals surface area contributed by atoms with Crippen LogP contribution in [0.4, 0.5) is 0 Å². The minimum absolute atomic E-state index is 0.163. The monoisotopic (exact) mass is 376 g/mol. The van der Waals surface area contributed by atoms with E-state index >= 15 is 0 Å². The Hall–Kier alpha value is -1.84. The second-order valence-electron chi connectivity index (χ2n) is 7.26. The summed E-state index contributed by atoms with van der Waals surface area (Å²) in [4.78, 5) is 24.4. The molecule has 1 aromatic rings. The van der Waals surface area contributed by atoms with E-state index in [1.165, 1.54) is 25.7 Å².